The predicted molar refractivity (Wildman–Crippen MR) is 375 cm³/mol. The monoisotopic (exact) mass is 1210 g/mol. The summed E-state index contributed by atoms with van der Waals surface area (Å²) < 4.78 is 7.68. The normalized spacial score (nSPS) is 15.3. The Morgan fingerprint density at radius 3 is 1.12 bits per heavy atom. The highest BCUT2D eigenvalue weighted by Crippen LogP contribution is 2.53. The standard InChI is InChI=1S/C74H104N2O2S5/c1-7-11-15-19-23-25-29-33-39-55(37-31-27-21-17-13-9-3)41-35-45-75-61-48-59-64(81-67-47-54(6)80-71(59)67)50-57(61)69(73(75)77)70-58-51-65-60(72-68(82-65)52-66(83-72)63-44-43-53(5)79-63)49-62(58)76(74(70)78)46-36-42-56(38-32-28-22-18-14-10-4)40-34-30-26-24-20-16-12-8-2/h43-44,47-52,55-56H,7-42,45-46H2,1-6H3/b70-69+. The molecular formula is C74H104N2O2S5. The number of hydrogen-bond donors (Lipinski definition) is 0. The summed E-state index contributed by atoms with van der Waals surface area (Å²) in [6.45, 7) is 15.0. The number of fused-ring (bicyclic) bond motifs is 8. The largest absolute Gasteiger partial charge is 0.308 e. The van der Waals surface area contributed by atoms with Crippen LogP contribution in [0, 0.1) is 25.7 Å². The Kier molecular flexibility index (Phi) is 25.6. The molecule has 9 heteroatoms. The van der Waals surface area contributed by atoms with Crippen molar-refractivity contribution in [1.29, 1.82) is 0 Å². The van der Waals surface area contributed by atoms with Crippen LogP contribution in [0.1, 0.15) is 280 Å². The molecule has 452 valence electrons. The maximum Gasteiger partial charge on any atom is 0.259 e. The van der Waals surface area contributed by atoms with E-state index in [0.717, 1.165) is 48.2 Å². The van der Waals surface area contributed by atoms with Crippen LogP contribution in [0.15, 0.2) is 48.5 Å². The molecule has 83 heavy (non-hydrogen) atoms. The van der Waals surface area contributed by atoms with Crippen LogP contribution in [0.4, 0.5) is 11.4 Å². The van der Waals surface area contributed by atoms with Crippen molar-refractivity contribution in [3.63, 3.8) is 0 Å². The highest BCUT2D eigenvalue weighted by Gasteiger charge is 2.43. The highest BCUT2D eigenvalue weighted by molar-refractivity contribution is 7.35. The Morgan fingerprint density at radius 2 is 0.723 bits per heavy atom. The second kappa shape index (κ2) is 33.1. The van der Waals surface area contributed by atoms with E-state index in [1.165, 1.54) is 264 Å². The van der Waals surface area contributed by atoms with E-state index in [2.05, 4.69) is 99.9 Å². The van der Waals surface area contributed by atoms with E-state index in [0.29, 0.717) is 36.1 Å². The van der Waals surface area contributed by atoms with Crippen molar-refractivity contribution < 1.29 is 9.59 Å². The van der Waals surface area contributed by atoms with Crippen molar-refractivity contribution in [3.8, 4) is 9.75 Å². The molecule has 0 saturated carbocycles. The van der Waals surface area contributed by atoms with E-state index in [1.807, 2.05) is 56.7 Å². The molecule has 2 aliphatic heterocycles. The van der Waals surface area contributed by atoms with Gasteiger partial charge in [0.15, 0.2) is 0 Å². The summed E-state index contributed by atoms with van der Waals surface area (Å²) in [5, 5.41) is 2.49. The fraction of sp³-hybridized carbons (Fsp3) is 0.622. The lowest BCUT2D eigenvalue weighted by Crippen LogP contribution is -2.30. The van der Waals surface area contributed by atoms with Gasteiger partial charge in [0.25, 0.3) is 11.8 Å². The summed E-state index contributed by atoms with van der Waals surface area (Å²) >= 11 is 9.32. The molecule has 0 saturated heterocycles. The zero-order valence-corrected chi connectivity index (χ0v) is 56.5. The first-order valence-corrected chi connectivity index (χ1v) is 38.2. The molecule has 0 spiro atoms. The van der Waals surface area contributed by atoms with E-state index < -0.39 is 0 Å². The molecule has 0 N–H and O–H groups in total. The first-order valence-electron chi connectivity index (χ1n) is 34.1. The Bertz CT molecular complexity index is 3170. The molecular weight excluding hydrogens is 1110 g/mol. The number of benzene rings is 2. The number of thiophene rings is 5. The molecule has 9 rings (SSSR count). The molecule has 2 aromatic carbocycles. The van der Waals surface area contributed by atoms with Gasteiger partial charge in [0.1, 0.15) is 0 Å². The molecule has 4 nitrogen and oxygen atoms in total. The van der Waals surface area contributed by atoms with Crippen LogP contribution in [-0.2, 0) is 9.59 Å². The van der Waals surface area contributed by atoms with Crippen LogP contribution < -0.4 is 9.80 Å². The number of aryl methyl sites for hydroxylation is 2. The fourth-order valence-electron chi connectivity index (χ4n) is 14.0. The number of rotatable bonds is 41. The van der Waals surface area contributed by atoms with Crippen molar-refractivity contribution in [3.05, 3.63) is 69.4 Å². The molecule has 0 fully saturated rings. The zero-order valence-electron chi connectivity index (χ0n) is 52.4. The maximum absolute atomic E-state index is 15.9. The lowest BCUT2D eigenvalue weighted by molar-refractivity contribution is -0.114. The summed E-state index contributed by atoms with van der Waals surface area (Å²) in [6, 6.07) is 18.5. The number of carbonyl (C=O) groups excluding carboxylic acids is 2. The van der Waals surface area contributed by atoms with Crippen LogP contribution in [0.3, 0.4) is 0 Å². The van der Waals surface area contributed by atoms with E-state index in [9.17, 15) is 0 Å². The molecule has 0 radical (unpaired) electrons. The SMILES string of the molecule is CCCCCCCCCCC(CCCCCCCC)CCCN1C(=O)/C(=C2/C(=O)N(CCCC(CCCCCCCC)CCCCCCCCCC)c3cc4c(cc32)sc2cc(-c3ccc(C)s3)sc24)c2cc3sc4cc(C)sc4c3cc21. The van der Waals surface area contributed by atoms with Crippen LogP contribution in [0.2, 0.25) is 0 Å². The van der Waals surface area contributed by atoms with Gasteiger partial charge >= 0.3 is 0 Å². The van der Waals surface area contributed by atoms with Crippen LogP contribution >= 0.6 is 56.7 Å². The minimum absolute atomic E-state index is 0.0220. The smallest absolute Gasteiger partial charge is 0.259 e. The van der Waals surface area contributed by atoms with Gasteiger partial charge < -0.3 is 9.80 Å². The van der Waals surface area contributed by atoms with Crippen molar-refractivity contribution in [2.45, 2.75) is 273 Å². The van der Waals surface area contributed by atoms with E-state index in [1.54, 1.807) is 0 Å². The molecule has 7 heterocycles. The topological polar surface area (TPSA) is 40.6 Å². The quantitative estimate of drug-likeness (QED) is 0.0283. The van der Waals surface area contributed by atoms with Gasteiger partial charge in [0.05, 0.1) is 31.9 Å². The minimum atomic E-state index is 0.0220. The third kappa shape index (κ3) is 16.8. The lowest BCUT2D eigenvalue weighted by atomic mass is 9.90. The van der Waals surface area contributed by atoms with Crippen LogP contribution in [0.5, 0.6) is 0 Å². The van der Waals surface area contributed by atoms with Crippen LogP contribution in [-0.4, -0.2) is 24.9 Å². The third-order valence-electron chi connectivity index (χ3n) is 18.8. The summed E-state index contributed by atoms with van der Waals surface area (Å²) in [6.07, 6.45) is 47.2. The predicted octanol–water partition coefficient (Wildman–Crippen LogP) is 25.9. The second-order valence-electron chi connectivity index (χ2n) is 25.5. The first-order chi connectivity index (χ1) is 40.7. The van der Waals surface area contributed by atoms with Crippen molar-refractivity contribution in [2.75, 3.05) is 22.9 Å². The Labute approximate surface area is 522 Å². The average Bonchev–Trinajstić information content (AvgIpc) is 1.91. The van der Waals surface area contributed by atoms with Crippen LogP contribution in [0.25, 0.3) is 59.9 Å². The van der Waals surface area contributed by atoms with Crippen molar-refractivity contribution in [1.82, 2.24) is 0 Å². The zero-order chi connectivity index (χ0) is 57.9. The summed E-state index contributed by atoms with van der Waals surface area (Å²) in [5.41, 5.74) is 5.19. The first kappa shape index (κ1) is 64.1. The number of nitrogens with zero attached hydrogens (tertiary/aromatic N) is 2. The molecule has 0 bridgehead atoms. The molecule has 7 aromatic rings. The molecule has 2 atom stereocenters. The second-order valence-corrected chi connectivity index (χ2v) is 31.3. The summed E-state index contributed by atoms with van der Waals surface area (Å²) in [5.74, 6) is 1.43. The molecule has 5 aromatic heterocycles. The maximum atomic E-state index is 15.9. The van der Waals surface area contributed by atoms with Gasteiger partial charge in [-0.2, -0.15) is 0 Å². The molecule has 0 aliphatic carbocycles. The van der Waals surface area contributed by atoms with E-state index >= 15 is 9.59 Å². The number of amides is 2. The van der Waals surface area contributed by atoms with Gasteiger partial charge in [-0.3, -0.25) is 9.59 Å². The highest BCUT2D eigenvalue weighted by atomic mass is 32.1. The third-order valence-corrected chi connectivity index (χ3v) is 24.7. The fourth-order valence-corrected chi connectivity index (χ4v) is 19.9. The van der Waals surface area contributed by atoms with Gasteiger partial charge in [-0.25, -0.2) is 0 Å². The average molecular weight is 1210 g/mol. The summed E-state index contributed by atoms with van der Waals surface area (Å²) in [4.78, 5) is 41.3. The lowest BCUT2D eigenvalue weighted by Gasteiger charge is -2.21. The van der Waals surface area contributed by atoms with Gasteiger partial charge in [0.2, 0.25) is 0 Å². The number of hydrogen-bond acceptors (Lipinski definition) is 7. The molecule has 2 amide bonds. The van der Waals surface area contributed by atoms with Crippen molar-refractivity contribution in [2.24, 2.45) is 11.8 Å². The van der Waals surface area contributed by atoms with E-state index in [4.69, 9.17) is 0 Å². The van der Waals surface area contributed by atoms with E-state index in [-0.39, 0.29) is 11.8 Å². The molecule has 2 unspecified atom stereocenters. The van der Waals surface area contributed by atoms with Gasteiger partial charge in [-0.05, 0) is 99.9 Å². The Balaban J connectivity index is 1.02. The number of unbranched alkanes of at least 4 members (excludes halogenated alkanes) is 24. The Morgan fingerprint density at radius 1 is 0.349 bits per heavy atom. The van der Waals surface area contributed by atoms with Crippen molar-refractivity contribution >= 4 is 130 Å². The van der Waals surface area contributed by atoms with Gasteiger partial charge in [-0.1, -0.05) is 233 Å². The molecule has 2 aliphatic rings. The summed E-state index contributed by atoms with van der Waals surface area (Å²) in [7, 11) is 0. The minimum Gasteiger partial charge on any atom is -0.308 e. The van der Waals surface area contributed by atoms with Gasteiger partial charge in [-0.15, -0.1) is 56.7 Å². The van der Waals surface area contributed by atoms with Gasteiger partial charge in [0, 0.05) is 73.3 Å². The number of carbonyl (C=O) groups is 2. The Hall–Kier alpha value is -3.34. The number of anilines is 2.